The Balaban J connectivity index is 1.83. The first-order valence-electron chi connectivity index (χ1n) is 6.73. The normalized spacial score (nSPS) is 13.0. The number of carbonyl (C=O) groups is 1. The molecule has 1 aliphatic rings. The zero-order chi connectivity index (χ0) is 14.8. The first-order chi connectivity index (χ1) is 10.2. The summed E-state index contributed by atoms with van der Waals surface area (Å²) in [6.45, 7) is -0.496. The number of halogens is 1. The lowest BCUT2D eigenvalue weighted by Crippen LogP contribution is -2.09. The summed E-state index contributed by atoms with van der Waals surface area (Å²) in [6, 6.07) is 8.04. The number of ketones is 1. The van der Waals surface area contributed by atoms with Crippen molar-refractivity contribution >= 4 is 11.9 Å². The highest BCUT2D eigenvalue weighted by Gasteiger charge is 2.20. The second kappa shape index (κ2) is 5.58. The van der Waals surface area contributed by atoms with Crippen molar-refractivity contribution in [1.29, 1.82) is 0 Å². The van der Waals surface area contributed by atoms with Crippen LogP contribution in [0.25, 0.3) is 6.08 Å². The van der Waals surface area contributed by atoms with Crippen LogP contribution < -0.4 is 0 Å². The number of rotatable bonds is 4. The van der Waals surface area contributed by atoms with Crippen LogP contribution in [0.5, 0.6) is 0 Å². The van der Waals surface area contributed by atoms with Crippen LogP contribution in [0.15, 0.2) is 42.1 Å². The van der Waals surface area contributed by atoms with Crippen molar-refractivity contribution in [3.63, 3.8) is 0 Å². The Morgan fingerprint density at radius 1 is 1.24 bits per heavy atom. The number of hydrogen-bond donors (Lipinski definition) is 1. The number of aliphatic hydroxyl groups is 1. The van der Waals surface area contributed by atoms with Gasteiger partial charge in [-0.25, -0.2) is 4.39 Å². The molecule has 4 heteroatoms. The highest BCUT2D eigenvalue weighted by atomic mass is 19.1. The molecular formula is C17H14FNO2. The first-order valence-corrected chi connectivity index (χ1v) is 6.73. The summed E-state index contributed by atoms with van der Waals surface area (Å²) in [5.74, 6) is -0.537. The monoisotopic (exact) mass is 283 g/mol. The molecule has 0 aliphatic heterocycles. The van der Waals surface area contributed by atoms with E-state index in [1.165, 1.54) is 12.1 Å². The number of allylic oxidation sites excluding steroid dienone is 1. The molecule has 3 rings (SSSR count). The maximum atomic E-state index is 12.9. The minimum Gasteiger partial charge on any atom is -0.388 e. The second-order valence-corrected chi connectivity index (χ2v) is 5.09. The molecule has 0 radical (unpaired) electrons. The van der Waals surface area contributed by atoms with Crippen LogP contribution in [-0.4, -0.2) is 22.5 Å². The maximum Gasteiger partial charge on any atom is 0.188 e. The standard InChI is InChI=1S/C17H14FNO2/c18-13-3-1-11(2-4-13)7-12-8-15-14(17(21)10-20)5-6-19-16(15)9-12/h1-6,9,20H,7-8,10H2. The van der Waals surface area contributed by atoms with Crippen LogP contribution in [0.3, 0.4) is 0 Å². The van der Waals surface area contributed by atoms with Gasteiger partial charge in [0.15, 0.2) is 5.78 Å². The van der Waals surface area contributed by atoms with E-state index in [0.29, 0.717) is 18.4 Å². The van der Waals surface area contributed by atoms with Crippen molar-refractivity contribution < 1.29 is 14.3 Å². The van der Waals surface area contributed by atoms with E-state index in [0.717, 1.165) is 22.4 Å². The van der Waals surface area contributed by atoms with Gasteiger partial charge >= 0.3 is 0 Å². The minimum absolute atomic E-state index is 0.250. The lowest BCUT2D eigenvalue weighted by molar-refractivity contribution is 0.0903. The molecule has 21 heavy (non-hydrogen) atoms. The number of pyridine rings is 1. The van der Waals surface area contributed by atoms with Crippen LogP contribution in [0.4, 0.5) is 4.39 Å². The second-order valence-electron chi connectivity index (χ2n) is 5.09. The molecule has 1 aromatic heterocycles. The van der Waals surface area contributed by atoms with Gasteiger partial charge in [0.1, 0.15) is 12.4 Å². The largest absolute Gasteiger partial charge is 0.388 e. The summed E-state index contributed by atoms with van der Waals surface area (Å²) in [7, 11) is 0. The summed E-state index contributed by atoms with van der Waals surface area (Å²) in [5, 5.41) is 9.02. The smallest absolute Gasteiger partial charge is 0.188 e. The molecule has 0 saturated heterocycles. The van der Waals surface area contributed by atoms with E-state index in [1.807, 2.05) is 6.08 Å². The number of fused-ring (bicyclic) bond motifs is 1. The number of aliphatic hydroxyl groups excluding tert-OH is 1. The van der Waals surface area contributed by atoms with E-state index in [-0.39, 0.29) is 11.6 Å². The molecule has 0 unspecified atom stereocenters. The lowest BCUT2D eigenvalue weighted by Gasteiger charge is -2.06. The van der Waals surface area contributed by atoms with Crippen LogP contribution in [0.1, 0.15) is 27.2 Å². The fraction of sp³-hybridized carbons (Fsp3) is 0.176. The van der Waals surface area contributed by atoms with Crippen molar-refractivity contribution in [3.05, 3.63) is 70.3 Å². The molecule has 106 valence electrons. The van der Waals surface area contributed by atoms with Crippen molar-refractivity contribution in [1.82, 2.24) is 4.98 Å². The van der Waals surface area contributed by atoms with Gasteiger partial charge in [-0.05, 0) is 48.2 Å². The molecule has 1 aliphatic carbocycles. The van der Waals surface area contributed by atoms with Crippen molar-refractivity contribution in [2.45, 2.75) is 12.8 Å². The predicted molar refractivity (Wildman–Crippen MR) is 77.4 cm³/mol. The van der Waals surface area contributed by atoms with Gasteiger partial charge < -0.3 is 5.11 Å². The van der Waals surface area contributed by atoms with E-state index in [2.05, 4.69) is 4.98 Å². The van der Waals surface area contributed by atoms with Crippen LogP contribution in [-0.2, 0) is 12.8 Å². The number of carbonyl (C=O) groups excluding carboxylic acids is 1. The SMILES string of the molecule is O=C(CO)c1ccnc2c1CC(Cc1ccc(F)cc1)=C2. The summed E-state index contributed by atoms with van der Waals surface area (Å²) >= 11 is 0. The van der Waals surface area contributed by atoms with Crippen LogP contribution >= 0.6 is 0 Å². The molecule has 0 bridgehead atoms. The summed E-state index contributed by atoms with van der Waals surface area (Å²) < 4.78 is 12.9. The molecule has 1 aromatic carbocycles. The van der Waals surface area contributed by atoms with Gasteiger partial charge in [-0.15, -0.1) is 0 Å². The lowest BCUT2D eigenvalue weighted by atomic mass is 9.99. The third-order valence-electron chi connectivity index (χ3n) is 3.62. The van der Waals surface area contributed by atoms with Gasteiger partial charge in [0, 0.05) is 11.8 Å². The highest BCUT2D eigenvalue weighted by molar-refractivity contribution is 5.99. The molecule has 0 spiro atoms. The van der Waals surface area contributed by atoms with Crippen molar-refractivity contribution in [3.8, 4) is 0 Å². The minimum atomic E-state index is -0.496. The van der Waals surface area contributed by atoms with E-state index in [1.54, 1.807) is 24.4 Å². The average Bonchev–Trinajstić information content (AvgIpc) is 2.91. The first kappa shape index (κ1) is 13.6. The van der Waals surface area contributed by atoms with E-state index in [4.69, 9.17) is 5.11 Å². The van der Waals surface area contributed by atoms with E-state index in [9.17, 15) is 9.18 Å². The average molecular weight is 283 g/mol. The van der Waals surface area contributed by atoms with Crippen molar-refractivity contribution in [2.75, 3.05) is 6.61 Å². The molecule has 1 N–H and O–H groups in total. The van der Waals surface area contributed by atoms with Crippen molar-refractivity contribution in [2.24, 2.45) is 0 Å². The predicted octanol–water partition coefficient (Wildman–Crippen LogP) is 2.58. The molecule has 0 fully saturated rings. The summed E-state index contributed by atoms with van der Waals surface area (Å²) in [6.07, 6.45) is 4.89. The fourth-order valence-corrected chi connectivity index (χ4v) is 2.61. The Morgan fingerprint density at radius 3 is 2.71 bits per heavy atom. The number of aromatic nitrogens is 1. The van der Waals surface area contributed by atoms with E-state index >= 15 is 0 Å². The quantitative estimate of drug-likeness (QED) is 0.877. The van der Waals surface area contributed by atoms with Gasteiger partial charge in [-0.2, -0.15) is 0 Å². The third kappa shape index (κ3) is 2.76. The molecule has 0 amide bonds. The Bertz CT molecular complexity index is 720. The van der Waals surface area contributed by atoms with Crippen LogP contribution in [0, 0.1) is 5.82 Å². The molecule has 0 saturated carbocycles. The van der Waals surface area contributed by atoms with Gasteiger partial charge in [0.2, 0.25) is 0 Å². The zero-order valence-corrected chi connectivity index (χ0v) is 11.3. The fourth-order valence-electron chi connectivity index (χ4n) is 2.61. The molecule has 1 heterocycles. The Morgan fingerprint density at radius 2 is 2.00 bits per heavy atom. The maximum absolute atomic E-state index is 12.9. The van der Waals surface area contributed by atoms with Crippen LogP contribution in [0.2, 0.25) is 0 Å². The Labute approximate surface area is 121 Å². The number of Topliss-reactive ketones (excluding diaryl/α,β-unsaturated/α-hetero) is 1. The van der Waals surface area contributed by atoms with Gasteiger partial charge in [-0.3, -0.25) is 9.78 Å². The van der Waals surface area contributed by atoms with E-state index < -0.39 is 6.61 Å². The number of hydrogen-bond acceptors (Lipinski definition) is 3. The molecule has 0 atom stereocenters. The highest BCUT2D eigenvalue weighted by Crippen LogP contribution is 2.28. The summed E-state index contributed by atoms with van der Waals surface area (Å²) in [5.41, 5.74) is 4.33. The van der Waals surface area contributed by atoms with Gasteiger partial charge in [0.05, 0.1) is 5.69 Å². The van der Waals surface area contributed by atoms with Gasteiger partial charge in [-0.1, -0.05) is 17.7 Å². The number of nitrogens with zero attached hydrogens (tertiary/aromatic N) is 1. The van der Waals surface area contributed by atoms with Gasteiger partial charge in [0.25, 0.3) is 0 Å². The number of benzene rings is 1. The Kier molecular flexibility index (Phi) is 3.62. The molecule has 2 aromatic rings. The Hall–Kier alpha value is -2.33. The zero-order valence-electron chi connectivity index (χ0n) is 11.3. The molecule has 3 nitrogen and oxygen atoms in total. The topological polar surface area (TPSA) is 50.2 Å². The molecular weight excluding hydrogens is 269 g/mol. The summed E-state index contributed by atoms with van der Waals surface area (Å²) in [4.78, 5) is 16.0. The third-order valence-corrected chi connectivity index (χ3v) is 3.62.